The van der Waals surface area contributed by atoms with Crippen molar-refractivity contribution in [1.82, 2.24) is 5.32 Å². The van der Waals surface area contributed by atoms with Crippen molar-refractivity contribution in [3.05, 3.63) is 59.7 Å². The summed E-state index contributed by atoms with van der Waals surface area (Å²) in [7, 11) is -3.70. The average molecular weight is 305 g/mol. The molecule has 0 spiro atoms. The van der Waals surface area contributed by atoms with Crippen molar-refractivity contribution in [1.29, 1.82) is 0 Å². The molecular formula is C14H15N3O3S. The van der Waals surface area contributed by atoms with E-state index in [9.17, 15) is 13.2 Å². The minimum absolute atomic E-state index is 0.0381. The molecule has 0 saturated carbocycles. The minimum Gasteiger partial charge on any atom is -0.399 e. The molecule has 5 N–H and O–H groups in total. The summed E-state index contributed by atoms with van der Waals surface area (Å²) in [6.07, 6.45) is 0. The summed E-state index contributed by atoms with van der Waals surface area (Å²) >= 11 is 0. The monoisotopic (exact) mass is 305 g/mol. The number of carbonyl (C=O) groups excluding carboxylic acids is 1. The molecule has 0 bridgehead atoms. The van der Waals surface area contributed by atoms with Crippen LogP contribution in [0.4, 0.5) is 5.69 Å². The van der Waals surface area contributed by atoms with Gasteiger partial charge in [-0.2, -0.15) is 0 Å². The Bertz CT molecular complexity index is 738. The van der Waals surface area contributed by atoms with Gasteiger partial charge in [0.1, 0.15) is 0 Å². The van der Waals surface area contributed by atoms with Crippen LogP contribution in [-0.4, -0.2) is 14.3 Å². The number of sulfonamides is 1. The maximum absolute atomic E-state index is 11.9. The molecular weight excluding hydrogens is 290 g/mol. The summed E-state index contributed by atoms with van der Waals surface area (Å²) in [5.74, 6) is -0.231. The number of primary sulfonamides is 1. The van der Waals surface area contributed by atoms with Crippen LogP contribution in [0.5, 0.6) is 0 Å². The lowest BCUT2D eigenvalue weighted by molar-refractivity contribution is 0.0951. The van der Waals surface area contributed by atoms with Crippen LogP contribution in [0.15, 0.2) is 53.4 Å². The van der Waals surface area contributed by atoms with Gasteiger partial charge in [0.15, 0.2) is 0 Å². The number of amides is 1. The minimum atomic E-state index is -3.70. The number of hydrogen-bond acceptors (Lipinski definition) is 4. The number of carbonyl (C=O) groups is 1. The third kappa shape index (κ3) is 4.04. The van der Waals surface area contributed by atoms with Gasteiger partial charge in [-0.1, -0.05) is 12.1 Å². The highest BCUT2D eigenvalue weighted by molar-refractivity contribution is 7.89. The zero-order valence-corrected chi connectivity index (χ0v) is 11.9. The molecule has 21 heavy (non-hydrogen) atoms. The Hall–Kier alpha value is -2.38. The van der Waals surface area contributed by atoms with Gasteiger partial charge in [0.05, 0.1) is 4.90 Å². The van der Waals surface area contributed by atoms with Gasteiger partial charge in [-0.15, -0.1) is 0 Å². The summed E-state index contributed by atoms with van der Waals surface area (Å²) in [6, 6.07) is 12.6. The highest BCUT2D eigenvalue weighted by atomic mass is 32.2. The Morgan fingerprint density at radius 2 is 1.57 bits per heavy atom. The second kappa shape index (κ2) is 5.94. The van der Waals surface area contributed by atoms with Crippen molar-refractivity contribution in [3.63, 3.8) is 0 Å². The topological polar surface area (TPSA) is 115 Å². The van der Waals surface area contributed by atoms with Crippen molar-refractivity contribution < 1.29 is 13.2 Å². The predicted octanol–water partition coefficient (Wildman–Crippen LogP) is 0.846. The molecule has 1 amide bonds. The molecule has 0 atom stereocenters. The number of nitrogens with two attached hydrogens (primary N) is 2. The van der Waals surface area contributed by atoms with Crippen LogP contribution in [0.3, 0.4) is 0 Å². The first-order valence-corrected chi connectivity index (χ1v) is 7.66. The van der Waals surface area contributed by atoms with E-state index in [4.69, 9.17) is 10.9 Å². The predicted molar refractivity (Wildman–Crippen MR) is 79.8 cm³/mol. The molecule has 0 aliphatic heterocycles. The van der Waals surface area contributed by atoms with Gasteiger partial charge in [-0.05, 0) is 42.0 Å². The quantitative estimate of drug-likeness (QED) is 0.726. The van der Waals surface area contributed by atoms with E-state index < -0.39 is 10.0 Å². The molecule has 110 valence electrons. The van der Waals surface area contributed by atoms with Crippen LogP contribution in [-0.2, 0) is 16.6 Å². The lowest BCUT2D eigenvalue weighted by Crippen LogP contribution is -2.22. The van der Waals surface area contributed by atoms with Crippen LogP contribution in [0.1, 0.15) is 15.9 Å². The number of benzene rings is 2. The number of nitrogen functional groups attached to an aromatic ring is 1. The Kier molecular flexibility index (Phi) is 4.25. The second-order valence-corrected chi connectivity index (χ2v) is 6.06. The van der Waals surface area contributed by atoms with Crippen LogP contribution in [0, 0.1) is 0 Å². The second-order valence-electron chi connectivity index (χ2n) is 4.49. The molecule has 2 aromatic rings. The Morgan fingerprint density at radius 3 is 2.10 bits per heavy atom. The van der Waals surface area contributed by atoms with Crippen LogP contribution in [0.2, 0.25) is 0 Å². The first-order chi connectivity index (χ1) is 9.86. The Labute approximate surface area is 122 Å². The van der Waals surface area contributed by atoms with Gasteiger partial charge < -0.3 is 11.1 Å². The lowest BCUT2D eigenvalue weighted by Gasteiger charge is -2.06. The van der Waals surface area contributed by atoms with Crippen LogP contribution >= 0.6 is 0 Å². The normalized spacial score (nSPS) is 11.1. The molecule has 0 saturated heterocycles. The fourth-order valence-corrected chi connectivity index (χ4v) is 2.23. The number of rotatable bonds is 4. The first-order valence-electron chi connectivity index (χ1n) is 6.12. The third-order valence-electron chi connectivity index (χ3n) is 2.88. The van der Waals surface area contributed by atoms with E-state index in [-0.39, 0.29) is 17.3 Å². The van der Waals surface area contributed by atoms with Gasteiger partial charge >= 0.3 is 0 Å². The largest absolute Gasteiger partial charge is 0.399 e. The summed E-state index contributed by atoms with van der Waals surface area (Å²) in [4.78, 5) is 11.9. The van der Waals surface area contributed by atoms with E-state index in [1.165, 1.54) is 12.1 Å². The van der Waals surface area contributed by atoms with E-state index in [1.54, 1.807) is 36.4 Å². The van der Waals surface area contributed by atoms with Crippen molar-refractivity contribution in [2.24, 2.45) is 5.14 Å². The van der Waals surface area contributed by atoms with E-state index in [0.29, 0.717) is 11.3 Å². The van der Waals surface area contributed by atoms with Gasteiger partial charge in [0, 0.05) is 17.8 Å². The van der Waals surface area contributed by atoms with E-state index in [0.717, 1.165) is 5.56 Å². The summed E-state index contributed by atoms with van der Waals surface area (Å²) < 4.78 is 22.2. The molecule has 0 fully saturated rings. The van der Waals surface area contributed by atoms with E-state index in [1.807, 2.05) is 0 Å². The molecule has 7 heteroatoms. The molecule has 0 aliphatic carbocycles. The molecule has 0 radical (unpaired) electrons. The van der Waals surface area contributed by atoms with Gasteiger partial charge in [-0.3, -0.25) is 4.79 Å². The fourth-order valence-electron chi connectivity index (χ4n) is 1.72. The van der Waals surface area contributed by atoms with Gasteiger partial charge in [0.25, 0.3) is 5.91 Å². The van der Waals surface area contributed by atoms with Gasteiger partial charge in [0.2, 0.25) is 10.0 Å². The first kappa shape index (κ1) is 15.0. The van der Waals surface area contributed by atoms with Crippen LogP contribution in [0.25, 0.3) is 0 Å². The van der Waals surface area contributed by atoms with Crippen molar-refractivity contribution in [2.75, 3.05) is 5.73 Å². The molecule has 0 aromatic heterocycles. The number of nitrogens with one attached hydrogen (secondary N) is 1. The zero-order valence-electron chi connectivity index (χ0n) is 11.1. The highest BCUT2D eigenvalue weighted by Crippen LogP contribution is 2.09. The summed E-state index contributed by atoms with van der Waals surface area (Å²) in [5, 5.41) is 7.74. The van der Waals surface area contributed by atoms with Crippen molar-refractivity contribution in [2.45, 2.75) is 11.4 Å². The summed E-state index contributed by atoms with van der Waals surface area (Å²) in [5.41, 5.74) is 7.41. The Morgan fingerprint density at radius 1 is 1.00 bits per heavy atom. The molecule has 2 aromatic carbocycles. The maximum atomic E-state index is 11.9. The highest BCUT2D eigenvalue weighted by Gasteiger charge is 2.08. The van der Waals surface area contributed by atoms with E-state index >= 15 is 0 Å². The standard InChI is InChI=1S/C14H15N3O3S/c15-12-5-3-11(4-6-12)14(18)17-9-10-1-7-13(8-2-10)21(16,19)20/h1-8H,9,15H2,(H,17,18)(H2,16,19,20). The van der Waals surface area contributed by atoms with Crippen LogP contribution < -0.4 is 16.2 Å². The lowest BCUT2D eigenvalue weighted by atomic mass is 10.2. The maximum Gasteiger partial charge on any atom is 0.251 e. The Balaban J connectivity index is 2.00. The van der Waals surface area contributed by atoms with E-state index in [2.05, 4.69) is 5.32 Å². The molecule has 0 unspecified atom stereocenters. The zero-order chi connectivity index (χ0) is 15.5. The third-order valence-corrected chi connectivity index (χ3v) is 3.81. The fraction of sp³-hybridized carbons (Fsp3) is 0.0714. The molecule has 2 rings (SSSR count). The molecule has 6 nitrogen and oxygen atoms in total. The molecule has 0 aliphatic rings. The average Bonchev–Trinajstić information content (AvgIpc) is 2.45. The SMILES string of the molecule is Nc1ccc(C(=O)NCc2ccc(S(N)(=O)=O)cc2)cc1. The smallest absolute Gasteiger partial charge is 0.251 e. The number of anilines is 1. The summed E-state index contributed by atoms with van der Waals surface area (Å²) in [6.45, 7) is 0.286. The van der Waals surface area contributed by atoms with Crippen molar-refractivity contribution in [3.8, 4) is 0 Å². The molecule has 0 heterocycles. The van der Waals surface area contributed by atoms with Crippen molar-refractivity contribution >= 4 is 21.6 Å². The van der Waals surface area contributed by atoms with Gasteiger partial charge in [-0.25, -0.2) is 13.6 Å². The number of hydrogen-bond donors (Lipinski definition) is 3.